The third-order valence-electron chi connectivity index (χ3n) is 5.52. The lowest BCUT2D eigenvalue weighted by molar-refractivity contribution is -0.156. The number of rotatable bonds is 4. The van der Waals surface area contributed by atoms with Crippen molar-refractivity contribution >= 4 is 11.9 Å². The fourth-order valence-electron chi connectivity index (χ4n) is 3.86. The number of fused-ring (bicyclic) bond motifs is 1. The van der Waals surface area contributed by atoms with E-state index in [0.29, 0.717) is 6.07 Å². The van der Waals surface area contributed by atoms with Gasteiger partial charge >= 0.3 is 0 Å². The van der Waals surface area contributed by atoms with E-state index in [-0.39, 0.29) is 17.3 Å². The molecule has 170 valence electrons. The van der Waals surface area contributed by atoms with E-state index >= 15 is 0 Å². The van der Waals surface area contributed by atoms with Crippen LogP contribution in [0.15, 0.2) is 35.5 Å². The molecule has 0 radical (unpaired) electrons. The van der Waals surface area contributed by atoms with Gasteiger partial charge in [0.2, 0.25) is 5.91 Å². The van der Waals surface area contributed by atoms with Crippen molar-refractivity contribution < 1.29 is 36.2 Å². The molecule has 2 N–H and O–H groups in total. The van der Waals surface area contributed by atoms with Gasteiger partial charge in [-0.2, -0.15) is 0 Å². The number of aromatic nitrogens is 1. The number of amides is 1. The minimum Gasteiger partial charge on any atom is -0.436 e. The molecule has 0 spiro atoms. The first-order valence-electron chi connectivity index (χ1n) is 9.44. The smallest absolute Gasteiger partial charge is 0.264 e. The van der Waals surface area contributed by atoms with Crippen molar-refractivity contribution in [3.05, 3.63) is 53.5 Å². The van der Waals surface area contributed by atoms with Gasteiger partial charge in [0.15, 0.2) is 11.8 Å². The summed E-state index contributed by atoms with van der Waals surface area (Å²) in [6, 6.07) is 3.83. The number of carbonyl (C=O) groups excluding carboxylic acids is 1. The standard InChI is InChI=1S/C20H17F5N4O3/c1-29-18(30)12-6-15(16(24)25)31-8-20(12,28-19(29)26)11-5-10(2-3-13(11)22)32-17-14(23)4-9(21)7-27-17/h2-5,7,12,15-16H,6,8H2,1H3,(H2,26,28)/t12-,15+,20+/m0/s1. The van der Waals surface area contributed by atoms with Gasteiger partial charge in [0.25, 0.3) is 12.3 Å². The van der Waals surface area contributed by atoms with Gasteiger partial charge in [-0.25, -0.2) is 31.9 Å². The number of aliphatic imine (C=N–C) groups is 1. The maximum Gasteiger partial charge on any atom is 0.264 e. The molecule has 7 nitrogen and oxygen atoms in total. The van der Waals surface area contributed by atoms with E-state index in [2.05, 4.69) is 9.98 Å². The molecule has 3 heterocycles. The zero-order valence-corrected chi connectivity index (χ0v) is 16.6. The van der Waals surface area contributed by atoms with Gasteiger partial charge in [0.1, 0.15) is 29.0 Å². The quantitative estimate of drug-likeness (QED) is 0.715. The number of carbonyl (C=O) groups is 1. The van der Waals surface area contributed by atoms with E-state index in [9.17, 15) is 26.7 Å². The number of alkyl halides is 2. The molecular weight excluding hydrogens is 439 g/mol. The van der Waals surface area contributed by atoms with Crippen LogP contribution in [0.4, 0.5) is 22.0 Å². The average molecular weight is 456 g/mol. The van der Waals surface area contributed by atoms with Crippen LogP contribution in [-0.4, -0.2) is 47.9 Å². The van der Waals surface area contributed by atoms with Gasteiger partial charge in [-0.05, 0) is 24.6 Å². The minimum absolute atomic E-state index is 0.108. The predicted molar refractivity (Wildman–Crippen MR) is 101 cm³/mol. The summed E-state index contributed by atoms with van der Waals surface area (Å²) in [4.78, 5) is 21.7. The second-order valence-corrected chi connectivity index (χ2v) is 7.45. The molecular formula is C20H17F5N4O3. The number of nitrogens with zero attached hydrogens (tertiary/aromatic N) is 3. The van der Waals surface area contributed by atoms with E-state index in [1.54, 1.807) is 0 Å². The maximum atomic E-state index is 15.0. The van der Waals surface area contributed by atoms with E-state index in [1.807, 2.05) is 0 Å². The van der Waals surface area contributed by atoms with Crippen LogP contribution >= 0.6 is 0 Å². The van der Waals surface area contributed by atoms with Crippen LogP contribution in [0.5, 0.6) is 11.6 Å². The maximum absolute atomic E-state index is 15.0. The Morgan fingerprint density at radius 3 is 2.69 bits per heavy atom. The Kier molecular flexibility index (Phi) is 5.49. The number of nitrogens with two attached hydrogens (primary N) is 1. The molecule has 0 unspecified atom stereocenters. The minimum atomic E-state index is -2.86. The Morgan fingerprint density at radius 1 is 1.25 bits per heavy atom. The highest BCUT2D eigenvalue weighted by Crippen LogP contribution is 2.47. The van der Waals surface area contributed by atoms with Gasteiger partial charge in [-0.3, -0.25) is 9.69 Å². The molecule has 1 saturated heterocycles. The van der Waals surface area contributed by atoms with Crippen molar-refractivity contribution in [2.24, 2.45) is 16.6 Å². The van der Waals surface area contributed by atoms with Crippen molar-refractivity contribution in [3.8, 4) is 11.6 Å². The molecule has 3 atom stereocenters. The molecule has 4 rings (SSSR count). The van der Waals surface area contributed by atoms with Crippen LogP contribution in [0.1, 0.15) is 12.0 Å². The molecule has 1 aromatic heterocycles. The Morgan fingerprint density at radius 2 is 2.00 bits per heavy atom. The number of hydrogen-bond acceptors (Lipinski definition) is 6. The molecule has 1 aromatic carbocycles. The van der Waals surface area contributed by atoms with Crippen molar-refractivity contribution in [2.75, 3.05) is 13.7 Å². The summed E-state index contributed by atoms with van der Waals surface area (Å²) in [6.45, 7) is -0.545. The fraction of sp³-hybridized carbons (Fsp3) is 0.350. The van der Waals surface area contributed by atoms with Crippen molar-refractivity contribution in [1.29, 1.82) is 0 Å². The normalized spacial score (nSPS) is 25.5. The zero-order valence-electron chi connectivity index (χ0n) is 16.6. The Labute approximate surface area is 178 Å². The molecule has 12 heteroatoms. The van der Waals surface area contributed by atoms with E-state index in [1.165, 1.54) is 7.05 Å². The number of halogens is 5. The first-order chi connectivity index (χ1) is 15.1. The van der Waals surface area contributed by atoms with E-state index in [4.69, 9.17) is 15.2 Å². The Hall–Kier alpha value is -3.28. The number of guanidine groups is 1. The third kappa shape index (κ3) is 3.64. The summed E-state index contributed by atoms with van der Waals surface area (Å²) in [5, 5.41) is 0. The van der Waals surface area contributed by atoms with Gasteiger partial charge < -0.3 is 15.2 Å². The predicted octanol–water partition coefficient (Wildman–Crippen LogP) is 2.94. The van der Waals surface area contributed by atoms with Crippen LogP contribution in [0, 0.1) is 23.4 Å². The lowest BCUT2D eigenvalue weighted by atomic mass is 9.72. The van der Waals surface area contributed by atoms with E-state index in [0.717, 1.165) is 29.3 Å². The summed E-state index contributed by atoms with van der Waals surface area (Å²) < 4.78 is 79.1. The first kappa shape index (κ1) is 21.9. The van der Waals surface area contributed by atoms with Gasteiger partial charge in [-0.15, -0.1) is 0 Å². The van der Waals surface area contributed by atoms with Crippen LogP contribution in [0.3, 0.4) is 0 Å². The molecule has 0 bridgehead atoms. The number of hydrogen-bond donors (Lipinski definition) is 1. The largest absolute Gasteiger partial charge is 0.436 e. The summed E-state index contributed by atoms with van der Waals surface area (Å²) in [5.74, 6) is -5.59. The highest BCUT2D eigenvalue weighted by atomic mass is 19.3. The number of ether oxygens (including phenoxy) is 2. The van der Waals surface area contributed by atoms with Gasteiger partial charge in [0, 0.05) is 18.7 Å². The summed E-state index contributed by atoms with van der Waals surface area (Å²) in [7, 11) is 1.33. The number of pyridine rings is 1. The SMILES string of the molecule is CN1C(=O)[C@@H]2C[C@H](C(F)F)OC[C@]2(c2cc(Oc3ncc(F)cc3F)ccc2F)N=C1N. The van der Waals surface area contributed by atoms with Crippen LogP contribution in [-0.2, 0) is 15.1 Å². The molecule has 2 aliphatic rings. The molecule has 1 fully saturated rings. The van der Waals surface area contributed by atoms with Crippen molar-refractivity contribution in [2.45, 2.75) is 24.5 Å². The highest BCUT2D eigenvalue weighted by molar-refractivity contribution is 6.00. The third-order valence-corrected chi connectivity index (χ3v) is 5.52. The Balaban J connectivity index is 1.79. The molecule has 2 aliphatic heterocycles. The van der Waals surface area contributed by atoms with Crippen LogP contribution in [0.25, 0.3) is 0 Å². The first-order valence-corrected chi connectivity index (χ1v) is 9.44. The lowest BCUT2D eigenvalue weighted by Crippen LogP contribution is -2.60. The second kappa shape index (κ2) is 8.01. The van der Waals surface area contributed by atoms with Crippen LogP contribution in [0.2, 0.25) is 0 Å². The topological polar surface area (TPSA) is 90.0 Å². The molecule has 2 aromatic rings. The summed E-state index contributed by atoms with van der Waals surface area (Å²) in [6.07, 6.45) is -4.09. The zero-order chi connectivity index (χ0) is 23.2. The summed E-state index contributed by atoms with van der Waals surface area (Å²) >= 11 is 0. The fourth-order valence-corrected chi connectivity index (χ4v) is 3.86. The second-order valence-electron chi connectivity index (χ2n) is 7.45. The molecule has 0 aliphatic carbocycles. The van der Waals surface area contributed by atoms with Crippen molar-refractivity contribution in [3.63, 3.8) is 0 Å². The molecule has 1 amide bonds. The summed E-state index contributed by atoms with van der Waals surface area (Å²) in [5.41, 5.74) is 3.89. The van der Waals surface area contributed by atoms with Gasteiger partial charge in [0.05, 0.1) is 18.7 Å². The molecule has 32 heavy (non-hydrogen) atoms. The average Bonchev–Trinajstić information content (AvgIpc) is 2.75. The highest BCUT2D eigenvalue weighted by Gasteiger charge is 2.55. The van der Waals surface area contributed by atoms with Crippen molar-refractivity contribution in [1.82, 2.24) is 9.88 Å². The van der Waals surface area contributed by atoms with E-state index < -0.39 is 66.3 Å². The lowest BCUT2D eigenvalue weighted by Gasteiger charge is -2.47. The molecule has 0 saturated carbocycles. The van der Waals surface area contributed by atoms with Crippen LogP contribution < -0.4 is 10.5 Å². The number of benzene rings is 1. The monoisotopic (exact) mass is 456 g/mol. The Bertz CT molecular complexity index is 1100. The van der Waals surface area contributed by atoms with Gasteiger partial charge in [-0.1, -0.05) is 0 Å².